The minimum Gasteiger partial charge on any atom is -0.522 e. The zero-order chi connectivity index (χ0) is 27.7. The molecule has 0 aliphatic carbocycles. The Balaban J connectivity index is -0.000000192. The summed E-state index contributed by atoms with van der Waals surface area (Å²) in [5.74, 6) is -0.303. The monoisotopic (exact) mass is 764 g/mol. The normalized spacial score (nSPS) is 10.7. The summed E-state index contributed by atoms with van der Waals surface area (Å²) in [5, 5.41) is 23.0. The molecule has 0 bridgehead atoms. The van der Waals surface area contributed by atoms with E-state index >= 15 is 0 Å². The largest absolute Gasteiger partial charge is 0.522 e. The van der Waals surface area contributed by atoms with Crippen molar-refractivity contribution >= 4 is 24.5 Å². The second-order valence-corrected chi connectivity index (χ2v) is 7.03. The molecule has 0 aliphatic heterocycles. The molecule has 0 radical (unpaired) electrons. The zero-order valence-corrected chi connectivity index (χ0v) is 25.1. The number of ether oxygens (including phenoxy) is 1. The number of nitrogens with two attached hydrogens (primary N) is 1. The molecule has 7 N–H and O–H groups in total. The van der Waals surface area contributed by atoms with E-state index in [2.05, 4.69) is 22.9 Å². The van der Waals surface area contributed by atoms with Gasteiger partial charge in [0.2, 0.25) is 11.8 Å². The maximum atomic E-state index is 11.5. The first kappa shape index (κ1) is 43.0. The van der Waals surface area contributed by atoms with Crippen LogP contribution in [-0.4, -0.2) is 86.8 Å². The Morgan fingerprint density at radius 2 is 1.58 bits per heavy atom. The van der Waals surface area contributed by atoms with Crippen LogP contribution in [-0.2, 0) is 23.9 Å². The third-order valence-corrected chi connectivity index (χ3v) is 4.15. The zero-order valence-electron chi connectivity index (χ0n) is 22.7. The Morgan fingerprint density at radius 3 is 2.03 bits per heavy atom. The second kappa shape index (κ2) is 39.1. The third-order valence-electron chi connectivity index (χ3n) is 4.15. The van der Waals surface area contributed by atoms with Gasteiger partial charge in [0.1, 0.15) is 6.29 Å². The smallest absolute Gasteiger partial charge is 0.220 e. The molecular weight excluding hydrogens is 713 g/mol. The van der Waals surface area contributed by atoms with Crippen molar-refractivity contribution in [1.29, 1.82) is 0 Å². The molecule has 11 nitrogen and oxygen atoms in total. The molecule has 222 valence electrons. The Kier molecular flexibility index (Phi) is 46.8. The Labute approximate surface area is 211 Å². The molecule has 0 saturated carbocycles. The first-order valence-corrected chi connectivity index (χ1v) is 12.4. The van der Waals surface area contributed by atoms with Gasteiger partial charge in [-0.05, 0) is 39.0 Å². The molecule has 0 rings (SSSR count). The van der Waals surface area contributed by atoms with Gasteiger partial charge in [-0.1, -0.05) is 27.2 Å². The number of carbonyl (C=O) groups excluding carboxylic acids is 4. The topological polar surface area (TPSA) is 180 Å². The first-order chi connectivity index (χ1) is 16.9. The number of aldehydes is 1. The summed E-state index contributed by atoms with van der Waals surface area (Å²) in [7, 11) is 1.00. The summed E-state index contributed by atoms with van der Waals surface area (Å²) >= 11 is 0. The number of carbonyl (C=O) groups is 3. The SMILES string of the molecule is CC.CCCCOC(C)CN.CO.O=[C-]NC(C=O)CCCCNC(=O)CCCC(=O)NCCO.[Fm]. The van der Waals surface area contributed by atoms with Crippen LogP contribution in [0.4, 0.5) is 0 Å². The molecule has 36 heavy (non-hydrogen) atoms. The predicted molar refractivity (Wildman–Crippen MR) is 138 cm³/mol. The van der Waals surface area contributed by atoms with Crippen LogP contribution in [0.25, 0.3) is 0 Å². The molecule has 0 aromatic rings. The van der Waals surface area contributed by atoms with Gasteiger partial charge in [0.25, 0.3) is 0 Å². The van der Waals surface area contributed by atoms with Crippen molar-refractivity contribution in [2.45, 2.75) is 91.2 Å². The summed E-state index contributed by atoms with van der Waals surface area (Å²) < 4.78 is 5.31. The number of nitrogens with one attached hydrogen (secondary N) is 3. The molecule has 2 atom stereocenters. The fraction of sp³-hybridized carbons (Fsp3) is 0.833. The molecule has 0 aromatic heterocycles. The fourth-order valence-electron chi connectivity index (χ4n) is 2.25. The van der Waals surface area contributed by atoms with E-state index in [1.54, 1.807) is 0 Å². The van der Waals surface area contributed by atoms with E-state index in [-0.39, 0.29) is 43.9 Å². The van der Waals surface area contributed by atoms with E-state index in [1.165, 1.54) is 12.8 Å². The molecule has 3 amide bonds. The van der Waals surface area contributed by atoms with Crippen LogP contribution in [0.5, 0.6) is 0 Å². The van der Waals surface area contributed by atoms with E-state index in [1.807, 2.05) is 20.8 Å². The molecule has 0 spiro atoms. The summed E-state index contributed by atoms with van der Waals surface area (Å²) in [4.78, 5) is 43.3. The number of amides is 3. The quantitative estimate of drug-likeness (QED) is 0.0478. The molecule has 2 unspecified atom stereocenters. The van der Waals surface area contributed by atoms with E-state index in [0.717, 1.165) is 20.1 Å². The third kappa shape index (κ3) is 38.2. The van der Waals surface area contributed by atoms with Crippen molar-refractivity contribution in [3.8, 4) is 0 Å². The van der Waals surface area contributed by atoms with Gasteiger partial charge < -0.3 is 46.2 Å². The number of unbranched alkanes of at least 4 members (excludes halogenated alkanes) is 2. The van der Waals surface area contributed by atoms with Crippen molar-refractivity contribution in [3.05, 3.63) is 0 Å². The van der Waals surface area contributed by atoms with Gasteiger partial charge in [0, 0.05) is 46.2 Å². The number of hydrogen-bond donors (Lipinski definition) is 6. The summed E-state index contributed by atoms with van der Waals surface area (Å²) in [6.07, 6.45) is 7.59. The molecule has 12 heteroatoms. The van der Waals surface area contributed by atoms with Gasteiger partial charge in [-0.2, -0.15) is 6.41 Å². The average Bonchev–Trinajstić information content (AvgIpc) is 2.89. The first-order valence-electron chi connectivity index (χ1n) is 12.4. The number of aliphatic hydroxyl groups excluding tert-OH is 2. The number of aliphatic hydroxyl groups is 2. The van der Waals surface area contributed by atoms with Crippen molar-refractivity contribution < 1.29 is 34.1 Å². The van der Waals surface area contributed by atoms with E-state index < -0.39 is 6.04 Å². The minimum absolute atomic E-state index is 0. The van der Waals surface area contributed by atoms with Crippen LogP contribution >= 0.6 is 0 Å². The second-order valence-electron chi connectivity index (χ2n) is 7.03. The average molecular weight is 765 g/mol. The Hall–Kier alpha value is -3.08. The van der Waals surface area contributed by atoms with E-state index in [0.29, 0.717) is 45.1 Å². The predicted octanol–water partition coefficient (Wildman–Crippen LogP) is 0.561. The van der Waals surface area contributed by atoms with Crippen LogP contribution in [0.1, 0.15) is 79.1 Å². The van der Waals surface area contributed by atoms with Crippen LogP contribution in [0.3, 0.4) is 0 Å². The van der Waals surface area contributed by atoms with Crippen molar-refractivity contribution in [2.75, 3.05) is 40.0 Å². The number of rotatable bonds is 19. The number of hydrogen-bond acceptors (Lipinski definition) is 8. The maximum Gasteiger partial charge on any atom is 0.220 e. The summed E-state index contributed by atoms with van der Waals surface area (Å²) in [6.45, 7) is 10.2. The van der Waals surface area contributed by atoms with Crippen molar-refractivity contribution in [1.82, 2.24) is 16.0 Å². The molecule has 0 saturated heterocycles. The van der Waals surface area contributed by atoms with Gasteiger partial charge >= 0.3 is 0 Å². The summed E-state index contributed by atoms with van der Waals surface area (Å²) in [5.41, 5.74) is 5.33. The van der Waals surface area contributed by atoms with Crippen molar-refractivity contribution in [3.63, 3.8) is 0 Å². The van der Waals surface area contributed by atoms with E-state index in [4.69, 9.17) is 20.7 Å². The molecular formula is C24H51FmN4O7-. The van der Waals surface area contributed by atoms with Crippen LogP contribution < -0.4 is 21.7 Å². The maximum absolute atomic E-state index is 11.5. The molecule has 0 fully saturated rings. The Bertz CT molecular complexity index is 476. The van der Waals surface area contributed by atoms with Gasteiger partial charge in [-0.15, -0.1) is 0 Å². The van der Waals surface area contributed by atoms with Gasteiger partial charge in [-0.25, -0.2) is 0 Å². The standard InChI is InChI=1S/C14H24N3O5.C7H17NO.C2H6.CH4O.Fm/c18-9-8-16-14(22)6-3-5-13(21)15-7-2-1-4-12(10-19)17-11-20;1-3-4-5-9-7(2)6-8;2*1-2;/h10,12,18H,1-9H2,(H,15,21)(H,16,22)(H,17,20);7H,3-6,8H2,1-2H3;1-2H3;2H,1H3;/q-1;;;;. The van der Waals surface area contributed by atoms with Gasteiger partial charge in [0.05, 0.1) is 18.8 Å². The van der Waals surface area contributed by atoms with Gasteiger partial charge in [-0.3, -0.25) is 9.59 Å². The van der Waals surface area contributed by atoms with E-state index in [9.17, 15) is 19.2 Å². The van der Waals surface area contributed by atoms with Crippen LogP contribution in [0, 0.1) is 0 Å². The Morgan fingerprint density at radius 1 is 1.03 bits per heavy atom. The molecule has 0 aliphatic rings. The summed E-state index contributed by atoms with van der Waals surface area (Å²) in [6, 6.07) is -0.523. The fourth-order valence-corrected chi connectivity index (χ4v) is 2.25. The minimum atomic E-state index is -0.523. The van der Waals surface area contributed by atoms with Crippen molar-refractivity contribution in [2.24, 2.45) is 5.73 Å². The molecule has 0 aromatic carbocycles. The van der Waals surface area contributed by atoms with Crippen LogP contribution in [0.15, 0.2) is 0 Å². The molecule has 0 heterocycles. The van der Waals surface area contributed by atoms with Crippen LogP contribution in [0.2, 0.25) is 0 Å². The van der Waals surface area contributed by atoms with Gasteiger partial charge in [0.15, 0.2) is 0 Å².